The van der Waals surface area contributed by atoms with E-state index in [2.05, 4.69) is 23.7 Å². The number of nitrogens with zero attached hydrogens (tertiary/aromatic N) is 3. The van der Waals surface area contributed by atoms with E-state index in [0.717, 1.165) is 35.9 Å². The number of piperidine rings is 1. The van der Waals surface area contributed by atoms with Gasteiger partial charge >= 0.3 is 0 Å². The molecule has 0 saturated carbocycles. The lowest BCUT2D eigenvalue weighted by Gasteiger charge is -2.38. The van der Waals surface area contributed by atoms with E-state index < -0.39 is 5.41 Å². The number of hydrogen-bond donors (Lipinski definition) is 0. The van der Waals surface area contributed by atoms with E-state index >= 15 is 0 Å². The summed E-state index contributed by atoms with van der Waals surface area (Å²) < 4.78 is 13.4. The Hall–Kier alpha value is -3.28. The van der Waals surface area contributed by atoms with Gasteiger partial charge in [0.15, 0.2) is 0 Å². The van der Waals surface area contributed by atoms with Crippen LogP contribution in [0.1, 0.15) is 49.2 Å². The zero-order chi connectivity index (χ0) is 24.6. The molecule has 2 aromatic carbocycles. The van der Waals surface area contributed by atoms with Gasteiger partial charge in [0, 0.05) is 31.1 Å². The van der Waals surface area contributed by atoms with Crippen LogP contribution in [0, 0.1) is 17.2 Å². The van der Waals surface area contributed by atoms with Crippen molar-refractivity contribution in [1.29, 1.82) is 0 Å². The van der Waals surface area contributed by atoms with Gasteiger partial charge in [-0.25, -0.2) is 9.37 Å². The minimum Gasteiger partial charge on any atom is -0.339 e. The van der Waals surface area contributed by atoms with E-state index in [1.807, 2.05) is 47.4 Å². The number of rotatable bonds is 5. The van der Waals surface area contributed by atoms with Crippen LogP contribution in [0.25, 0.3) is 10.9 Å². The van der Waals surface area contributed by atoms with Gasteiger partial charge in [-0.3, -0.25) is 9.59 Å². The standard InChI is InChI=1S/C29H32FN3O2/c1-20(2)19-33-24(17-21-7-10-23(30)11-8-21)18-29(28(33)35)13-15-32(16-14-29)27(34)26-12-9-22-5-3-4-6-25(22)31-26/h3-12,20,24H,13-19H2,1-2H3. The molecule has 35 heavy (non-hydrogen) atoms. The van der Waals surface area contributed by atoms with Crippen LogP contribution in [0.4, 0.5) is 4.39 Å². The number of carbonyl (C=O) groups is 2. The first kappa shape index (κ1) is 23.5. The lowest BCUT2D eigenvalue weighted by Crippen LogP contribution is -2.47. The van der Waals surface area contributed by atoms with E-state index in [4.69, 9.17) is 0 Å². The molecule has 2 aliphatic rings. The number of aromatic nitrogens is 1. The van der Waals surface area contributed by atoms with E-state index in [0.29, 0.717) is 37.5 Å². The predicted molar refractivity (Wildman–Crippen MR) is 134 cm³/mol. The second kappa shape index (κ2) is 9.40. The molecule has 0 radical (unpaired) electrons. The van der Waals surface area contributed by atoms with Crippen molar-refractivity contribution in [2.45, 2.75) is 45.6 Å². The Bertz CT molecular complexity index is 1230. The summed E-state index contributed by atoms with van der Waals surface area (Å²) in [4.78, 5) is 35.4. The smallest absolute Gasteiger partial charge is 0.272 e. The van der Waals surface area contributed by atoms with Crippen molar-refractivity contribution >= 4 is 22.7 Å². The lowest BCUT2D eigenvalue weighted by molar-refractivity contribution is -0.139. The van der Waals surface area contributed by atoms with Crippen molar-refractivity contribution in [3.8, 4) is 0 Å². The summed E-state index contributed by atoms with van der Waals surface area (Å²) in [6.45, 7) is 6.09. The Morgan fingerprint density at radius 3 is 2.49 bits per heavy atom. The van der Waals surface area contributed by atoms with Crippen LogP contribution >= 0.6 is 0 Å². The molecule has 3 heterocycles. The summed E-state index contributed by atoms with van der Waals surface area (Å²) in [7, 11) is 0. The fourth-order valence-corrected chi connectivity index (χ4v) is 5.72. The second-order valence-electron chi connectivity index (χ2n) is 10.5. The minimum absolute atomic E-state index is 0.0713. The number of halogens is 1. The number of hydrogen-bond acceptors (Lipinski definition) is 3. The molecule has 1 unspecified atom stereocenters. The van der Waals surface area contributed by atoms with Gasteiger partial charge in [-0.2, -0.15) is 0 Å². The van der Waals surface area contributed by atoms with Gasteiger partial charge < -0.3 is 9.80 Å². The third-order valence-electron chi connectivity index (χ3n) is 7.55. The summed E-state index contributed by atoms with van der Waals surface area (Å²) in [5.74, 6) is 0.266. The van der Waals surface area contributed by atoms with Crippen LogP contribution in [0.5, 0.6) is 0 Å². The van der Waals surface area contributed by atoms with Crippen LogP contribution in [0.3, 0.4) is 0 Å². The van der Waals surface area contributed by atoms with E-state index in [1.165, 1.54) is 12.1 Å². The molecule has 0 N–H and O–H groups in total. The van der Waals surface area contributed by atoms with Crippen molar-refractivity contribution in [3.05, 3.63) is 77.7 Å². The monoisotopic (exact) mass is 473 g/mol. The molecule has 182 valence electrons. The van der Waals surface area contributed by atoms with Gasteiger partial charge in [-0.1, -0.05) is 50.2 Å². The first-order valence-corrected chi connectivity index (χ1v) is 12.6. The van der Waals surface area contributed by atoms with Gasteiger partial charge in [-0.15, -0.1) is 0 Å². The minimum atomic E-state index is -0.423. The molecule has 0 aliphatic carbocycles. The molecule has 5 rings (SSSR count). The number of carbonyl (C=O) groups excluding carboxylic acids is 2. The molecule has 2 amide bonds. The topological polar surface area (TPSA) is 53.5 Å². The van der Waals surface area contributed by atoms with Gasteiger partial charge in [0.1, 0.15) is 11.5 Å². The highest BCUT2D eigenvalue weighted by Crippen LogP contribution is 2.45. The number of para-hydroxylation sites is 1. The van der Waals surface area contributed by atoms with E-state index in [9.17, 15) is 14.0 Å². The van der Waals surface area contributed by atoms with Crippen molar-refractivity contribution in [2.75, 3.05) is 19.6 Å². The Labute approximate surface area is 205 Å². The Morgan fingerprint density at radius 2 is 1.77 bits per heavy atom. The van der Waals surface area contributed by atoms with Crippen LogP contribution in [0.2, 0.25) is 0 Å². The highest BCUT2D eigenvalue weighted by molar-refractivity contribution is 5.95. The van der Waals surface area contributed by atoms with Crippen LogP contribution in [-0.2, 0) is 11.2 Å². The molecule has 2 fully saturated rings. The third kappa shape index (κ3) is 4.66. The highest BCUT2D eigenvalue weighted by Gasteiger charge is 2.52. The SMILES string of the molecule is CC(C)CN1C(=O)C2(CCN(C(=O)c3ccc4ccccc4n3)CC2)CC1Cc1ccc(F)cc1. The maximum atomic E-state index is 13.7. The van der Waals surface area contributed by atoms with Gasteiger partial charge in [-0.05, 0) is 61.4 Å². The molecule has 3 aromatic rings. The molecule has 1 spiro atoms. The maximum absolute atomic E-state index is 13.7. The number of benzene rings is 2. The lowest BCUT2D eigenvalue weighted by atomic mass is 9.75. The zero-order valence-corrected chi connectivity index (χ0v) is 20.4. The predicted octanol–water partition coefficient (Wildman–Crippen LogP) is 5.10. The molecule has 6 heteroatoms. The normalized spacial score (nSPS) is 19.8. The average molecular weight is 474 g/mol. The van der Waals surface area contributed by atoms with Gasteiger partial charge in [0.25, 0.3) is 5.91 Å². The summed E-state index contributed by atoms with van der Waals surface area (Å²) in [6, 6.07) is 18.2. The number of fused-ring (bicyclic) bond motifs is 1. The zero-order valence-electron chi connectivity index (χ0n) is 20.4. The van der Waals surface area contributed by atoms with Crippen LogP contribution < -0.4 is 0 Å². The molecule has 1 aromatic heterocycles. The fourth-order valence-electron chi connectivity index (χ4n) is 5.72. The van der Waals surface area contributed by atoms with Crippen molar-refractivity contribution in [3.63, 3.8) is 0 Å². The Morgan fingerprint density at radius 1 is 1.06 bits per heavy atom. The first-order valence-electron chi connectivity index (χ1n) is 12.6. The second-order valence-corrected chi connectivity index (χ2v) is 10.5. The van der Waals surface area contributed by atoms with E-state index in [1.54, 1.807) is 6.07 Å². The Balaban J connectivity index is 1.30. The van der Waals surface area contributed by atoms with Crippen LogP contribution in [0.15, 0.2) is 60.7 Å². The number of likely N-dealkylation sites (tertiary alicyclic amines) is 2. The summed E-state index contributed by atoms with van der Waals surface area (Å²) >= 11 is 0. The highest BCUT2D eigenvalue weighted by atomic mass is 19.1. The summed E-state index contributed by atoms with van der Waals surface area (Å²) in [5.41, 5.74) is 1.89. The molecular weight excluding hydrogens is 441 g/mol. The molecule has 2 saturated heterocycles. The quantitative estimate of drug-likeness (QED) is 0.518. The van der Waals surface area contributed by atoms with Gasteiger partial charge in [0.05, 0.1) is 10.9 Å². The van der Waals surface area contributed by atoms with Crippen molar-refractivity contribution in [2.24, 2.45) is 11.3 Å². The van der Waals surface area contributed by atoms with Crippen molar-refractivity contribution < 1.29 is 14.0 Å². The molecule has 1 atom stereocenters. The maximum Gasteiger partial charge on any atom is 0.272 e. The summed E-state index contributed by atoms with van der Waals surface area (Å²) in [6.07, 6.45) is 2.84. The summed E-state index contributed by atoms with van der Waals surface area (Å²) in [5, 5.41) is 1.01. The van der Waals surface area contributed by atoms with E-state index in [-0.39, 0.29) is 23.7 Å². The molecule has 5 nitrogen and oxygen atoms in total. The molecule has 2 aliphatic heterocycles. The Kier molecular flexibility index (Phi) is 6.30. The molecule has 0 bridgehead atoms. The average Bonchev–Trinajstić information content (AvgIpc) is 3.10. The fraction of sp³-hybridized carbons (Fsp3) is 0.414. The molecular formula is C29H32FN3O2. The number of amides is 2. The van der Waals surface area contributed by atoms with Crippen molar-refractivity contribution in [1.82, 2.24) is 14.8 Å². The van der Waals surface area contributed by atoms with Crippen LogP contribution in [-0.4, -0.2) is 52.3 Å². The third-order valence-corrected chi connectivity index (χ3v) is 7.55. The largest absolute Gasteiger partial charge is 0.339 e. The first-order chi connectivity index (χ1) is 16.8. The number of pyridine rings is 1. The van der Waals surface area contributed by atoms with Gasteiger partial charge in [0.2, 0.25) is 5.91 Å².